The van der Waals surface area contributed by atoms with E-state index in [-0.39, 0.29) is 51.7 Å². The first-order valence-corrected chi connectivity index (χ1v) is 11.8. The first-order chi connectivity index (χ1) is 17.9. The second-order valence-corrected chi connectivity index (χ2v) is 9.35. The fraction of sp³-hybridized carbons (Fsp3) is 0.292. The number of nitrogens with one attached hydrogen (secondary N) is 1. The summed E-state index contributed by atoms with van der Waals surface area (Å²) in [6.45, 7) is 0.725. The summed E-state index contributed by atoms with van der Waals surface area (Å²) < 4.78 is 56.5. The molecule has 4 heterocycles. The first-order valence-electron chi connectivity index (χ1n) is 11.4. The van der Waals surface area contributed by atoms with Crippen molar-refractivity contribution >= 4 is 57.0 Å². The highest BCUT2D eigenvalue weighted by molar-refractivity contribution is 6.29. The lowest BCUT2D eigenvalue weighted by Gasteiger charge is -2.24. The highest BCUT2D eigenvalue weighted by atomic mass is 35.5. The quantitative estimate of drug-likeness (QED) is 0.292. The van der Waals surface area contributed by atoms with Gasteiger partial charge < -0.3 is 20.5 Å². The number of anilines is 2. The normalized spacial score (nSPS) is 17.9. The van der Waals surface area contributed by atoms with Crippen LogP contribution in [0.15, 0.2) is 36.7 Å². The maximum Gasteiger partial charge on any atom is 0.416 e. The van der Waals surface area contributed by atoms with Crippen LogP contribution in [0.25, 0.3) is 21.9 Å². The van der Waals surface area contributed by atoms with Gasteiger partial charge in [0.1, 0.15) is 47.5 Å². The van der Waals surface area contributed by atoms with Crippen LogP contribution < -0.4 is 11.1 Å². The zero-order valence-electron chi connectivity index (χ0n) is 19.8. The number of aryl methyl sites for hydroxylation is 1. The molecule has 0 saturated carbocycles. The Morgan fingerprint density at radius 1 is 1.24 bits per heavy atom. The predicted molar refractivity (Wildman–Crippen MR) is 132 cm³/mol. The van der Waals surface area contributed by atoms with Crippen LogP contribution >= 0.6 is 11.6 Å². The van der Waals surface area contributed by atoms with Gasteiger partial charge in [-0.25, -0.2) is 19.3 Å². The van der Waals surface area contributed by atoms with Gasteiger partial charge in [0.05, 0.1) is 23.0 Å². The number of halogens is 5. The molecular formula is C24H20ClF4N7O2. The molecule has 38 heavy (non-hydrogen) atoms. The van der Waals surface area contributed by atoms with E-state index in [1.807, 2.05) is 0 Å². The number of alkyl halides is 4. The fourth-order valence-electron chi connectivity index (χ4n) is 4.83. The number of fused-ring (bicyclic) bond motifs is 3. The molecule has 1 fully saturated rings. The molecule has 1 saturated heterocycles. The molecule has 198 valence electrons. The molecule has 5 rings (SSSR count). The van der Waals surface area contributed by atoms with E-state index in [1.54, 1.807) is 6.07 Å². The van der Waals surface area contributed by atoms with Crippen LogP contribution in [0.3, 0.4) is 0 Å². The van der Waals surface area contributed by atoms with Crippen molar-refractivity contribution < 1.29 is 27.2 Å². The van der Waals surface area contributed by atoms with Crippen LogP contribution in [-0.2, 0) is 22.3 Å². The standard InChI is InChI=1S/C24H20ClF4N7O2/c1-11-5-12(24(27,28)29)6-14-19-21(30)31-10-32-22(19)36(20(11)14)9-18(37)35-8-13(26)7-15(35)23(38)34-17-4-2-3-16(25)33-17/h2-6,10,13,15H,7-9H2,1H3,(H2,30,31,32)(H,33,34,38)/t13-,15+/m1/s1. The Bertz CT molecular complexity index is 1590. The first kappa shape index (κ1) is 25.6. The lowest BCUT2D eigenvalue weighted by Crippen LogP contribution is -2.44. The van der Waals surface area contributed by atoms with Crippen LogP contribution in [0, 0.1) is 6.92 Å². The van der Waals surface area contributed by atoms with Gasteiger partial charge in [0.25, 0.3) is 0 Å². The summed E-state index contributed by atoms with van der Waals surface area (Å²) in [5.41, 5.74) is 5.79. The smallest absolute Gasteiger partial charge is 0.383 e. The molecule has 0 unspecified atom stereocenters. The Kier molecular flexibility index (Phi) is 6.33. The van der Waals surface area contributed by atoms with Crippen LogP contribution in [0.4, 0.5) is 29.2 Å². The van der Waals surface area contributed by atoms with Gasteiger partial charge in [-0.15, -0.1) is 0 Å². The van der Waals surface area contributed by atoms with Gasteiger partial charge in [0.2, 0.25) is 11.8 Å². The second-order valence-electron chi connectivity index (χ2n) is 8.96. The topological polar surface area (TPSA) is 119 Å². The lowest BCUT2D eigenvalue weighted by atomic mass is 10.1. The molecule has 4 aromatic rings. The molecule has 3 N–H and O–H groups in total. The number of nitrogen functional groups attached to an aromatic ring is 1. The van der Waals surface area contributed by atoms with Gasteiger partial charge in [0, 0.05) is 11.8 Å². The van der Waals surface area contributed by atoms with Crippen LogP contribution in [0.1, 0.15) is 17.5 Å². The number of amides is 2. The molecule has 0 spiro atoms. The summed E-state index contributed by atoms with van der Waals surface area (Å²) in [7, 11) is 0. The zero-order valence-corrected chi connectivity index (χ0v) is 20.5. The van der Waals surface area contributed by atoms with Crippen LogP contribution in [-0.4, -0.2) is 55.0 Å². The summed E-state index contributed by atoms with van der Waals surface area (Å²) in [6, 6.07) is 5.35. The number of nitrogens with zero attached hydrogens (tertiary/aromatic N) is 5. The molecule has 9 nitrogen and oxygen atoms in total. The molecule has 0 radical (unpaired) electrons. The van der Waals surface area contributed by atoms with Gasteiger partial charge in [0.15, 0.2) is 0 Å². The minimum Gasteiger partial charge on any atom is -0.383 e. The maximum absolute atomic E-state index is 14.4. The van der Waals surface area contributed by atoms with E-state index >= 15 is 0 Å². The van der Waals surface area contributed by atoms with E-state index < -0.39 is 42.3 Å². The number of nitrogens with two attached hydrogens (primary N) is 1. The minimum atomic E-state index is -4.61. The molecule has 2 atom stereocenters. The average Bonchev–Trinajstić information content (AvgIpc) is 3.38. The Labute approximate surface area is 217 Å². The van der Waals surface area contributed by atoms with E-state index in [4.69, 9.17) is 17.3 Å². The van der Waals surface area contributed by atoms with Crippen LogP contribution in [0.5, 0.6) is 0 Å². The van der Waals surface area contributed by atoms with E-state index in [1.165, 1.54) is 23.6 Å². The van der Waals surface area contributed by atoms with Crippen molar-refractivity contribution in [2.45, 2.75) is 38.3 Å². The SMILES string of the molecule is Cc1cc(C(F)(F)F)cc2c3c(N)ncnc3n(CC(=O)N3C[C@H](F)C[C@H]3C(=O)Nc3cccc(Cl)n3)c12. The van der Waals surface area contributed by atoms with Gasteiger partial charge in [-0.2, -0.15) is 13.2 Å². The number of aromatic nitrogens is 4. The summed E-state index contributed by atoms with van der Waals surface area (Å²) in [5, 5.41) is 2.97. The fourth-order valence-corrected chi connectivity index (χ4v) is 4.99. The molecular weight excluding hydrogens is 530 g/mol. The highest BCUT2D eigenvalue weighted by Crippen LogP contribution is 2.38. The van der Waals surface area contributed by atoms with Gasteiger partial charge >= 0.3 is 6.18 Å². The number of carbonyl (C=O) groups is 2. The summed E-state index contributed by atoms with van der Waals surface area (Å²) in [5.74, 6) is -1.18. The van der Waals surface area contributed by atoms with Gasteiger partial charge in [-0.1, -0.05) is 17.7 Å². The molecule has 1 aliphatic heterocycles. The van der Waals surface area contributed by atoms with Crippen molar-refractivity contribution in [3.8, 4) is 0 Å². The Hall–Kier alpha value is -4.00. The molecule has 0 bridgehead atoms. The van der Waals surface area contributed by atoms with Crippen molar-refractivity contribution in [1.29, 1.82) is 0 Å². The third-order valence-corrected chi connectivity index (χ3v) is 6.62. The molecule has 3 aromatic heterocycles. The number of hydrogen-bond acceptors (Lipinski definition) is 6. The van der Waals surface area contributed by atoms with Crippen molar-refractivity contribution in [3.63, 3.8) is 0 Å². The molecule has 0 aliphatic carbocycles. The van der Waals surface area contributed by atoms with E-state index in [9.17, 15) is 27.2 Å². The van der Waals surface area contributed by atoms with Crippen LogP contribution in [0.2, 0.25) is 5.15 Å². The van der Waals surface area contributed by atoms with Crippen molar-refractivity contribution in [1.82, 2.24) is 24.4 Å². The summed E-state index contributed by atoms with van der Waals surface area (Å²) in [4.78, 5) is 39.5. The number of pyridine rings is 1. The van der Waals surface area contributed by atoms with Gasteiger partial charge in [-0.3, -0.25) is 9.59 Å². The monoisotopic (exact) mass is 549 g/mol. The Balaban J connectivity index is 1.52. The maximum atomic E-state index is 14.4. The summed E-state index contributed by atoms with van der Waals surface area (Å²) >= 11 is 5.85. The number of likely N-dealkylation sites (tertiary alicyclic amines) is 1. The third-order valence-electron chi connectivity index (χ3n) is 6.41. The molecule has 1 aromatic carbocycles. The minimum absolute atomic E-state index is 0.0544. The van der Waals surface area contributed by atoms with Crippen molar-refractivity contribution in [3.05, 3.63) is 52.9 Å². The number of carbonyl (C=O) groups excluding carboxylic acids is 2. The lowest BCUT2D eigenvalue weighted by molar-refractivity contribution is -0.137. The second kappa shape index (κ2) is 9.39. The van der Waals surface area contributed by atoms with E-state index in [0.717, 1.165) is 23.4 Å². The highest BCUT2D eigenvalue weighted by Gasteiger charge is 2.40. The molecule has 1 aliphatic rings. The van der Waals surface area contributed by atoms with E-state index in [2.05, 4.69) is 20.3 Å². The van der Waals surface area contributed by atoms with Crippen molar-refractivity contribution in [2.75, 3.05) is 17.6 Å². The van der Waals surface area contributed by atoms with E-state index in [0.29, 0.717) is 5.52 Å². The molecule has 2 amide bonds. The van der Waals surface area contributed by atoms with Crippen molar-refractivity contribution in [2.24, 2.45) is 0 Å². The predicted octanol–water partition coefficient (Wildman–Crippen LogP) is 4.12. The zero-order chi connectivity index (χ0) is 27.4. The number of rotatable bonds is 4. The Morgan fingerprint density at radius 3 is 2.71 bits per heavy atom. The Morgan fingerprint density at radius 2 is 2.00 bits per heavy atom. The summed E-state index contributed by atoms with van der Waals surface area (Å²) in [6.07, 6.45) is -5.15. The molecule has 14 heteroatoms. The number of benzene rings is 1. The third kappa shape index (κ3) is 4.57. The van der Waals surface area contributed by atoms with Gasteiger partial charge in [-0.05, 0) is 36.8 Å². The number of hydrogen-bond donors (Lipinski definition) is 2. The average molecular weight is 550 g/mol. The largest absolute Gasteiger partial charge is 0.416 e.